The summed E-state index contributed by atoms with van der Waals surface area (Å²) in [4.78, 5) is 11.6. The molecule has 2 N–H and O–H groups in total. The van der Waals surface area contributed by atoms with E-state index in [4.69, 9.17) is 5.73 Å². The summed E-state index contributed by atoms with van der Waals surface area (Å²) in [5.41, 5.74) is -6.22. The summed E-state index contributed by atoms with van der Waals surface area (Å²) in [6.45, 7) is 0.711. The van der Waals surface area contributed by atoms with Crippen LogP contribution >= 0.6 is 0 Å². The molecule has 0 fully saturated rings. The minimum absolute atomic E-state index is 0.399. The quantitative estimate of drug-likeness (QED) is 0.0568. The largest absolute Gasteiger partial charge is 0.365 e. The zero-order chi connectivity index (χ0) is 48.3. The molecule has 0 aliphatic carbocycles. The van der Waals surface area contributed by atoms with Gasteiger partial charge in [0.25, 0.3) is 5.91 Å². The molecule has 1 heterocycles. The molecule has 0 aliphatic heterocycles. The number of pyridine rings is 1. The molecule has 1 aromatic heterocycles. The van der Waals surface area contributed by atoms with Crippen molar-refractivity contribution in [1.82, 2.24) is 0 Å². The van der Waals surface area contributed by atoms with Crippen LogP contribution < -0.4 is 32.2 Å². The van der Waals surface area contributed by atoms with Crippen molar-refractivity contribution in [3.63, 3.8) is 0 Å². The van der Waals surface area contributed by atoms with Crippen LogP contribution in [0, 0.1) is 116 Å². The minimum atomic E-state index is -7.22. The molecule has 0 saturated carbocycles. The summed E-state index contributed by atoms with van der Waals surface area (Å²) in [7, 11) is 0. The van der Waals surface area contributed by atoms with Gasteiger partial charge in [-0.1, -0.05) is 36.4 Å². The highest BCUT2D eigenvalue weighted by Crippen LogP contribution is 2.31. The van der Waals surface area contributed by atoms with E-state index < -0.39 is 150 Å². The topological polar surface area (TPSA) is 47.0 Å². The highest BCUT2D eigenvalue weighted by Gasteiger charge is 2.52. The third kappa shape index (κ3) is 7.33. The maximum absolute atomic E-state index is 15.4. The normalized spacial score (nSPS) is 11.6. The Labute approximate surface area is 348 Å². The molecule has 7 rings (SSSR count). The van der Waals surface area contributed by atoms with Gasteiger partial charge in [-0.05, 0) is 18.2 Å². The molecule has 0 atom stereocenters. The lowest BCUT2D eigenvalue weighted by Crippen LogP contribution is -2.81. The Morgan fingerprint density at radius 2 is 0.677 bits per heavy atom. The molecular formula is C41H15BF20N2O. The van der Waals surface area contributed by atoms with E-state index in [2.05, 4.69) is 16.7 Å². The van der Waals surface area contributed by atoms with Crippen LogP contribution in [-0.4, -0.2) is 12.1 Å². The van der Waals surface area contributed by atoms with Crippen LogP contribution in [0.15, 0.2) is 66.9 Å². The van der Waals surface area contributed by atoms with Crippen LogP contribution in [0.5, 0.6) is 0 Å². The third-order valence-electron chi connectivity index (χ3n) is 10.1. The van der Waals surface area contributed by atoms with Gasteiger partial charge in [-0.25, -0.2) is 87.8 Å². The van der Waals surface area contributed by atoms with Crippen molar-refractivity contribution >= 4 is 44.8 Å². The summed E-state index contributed by atoms with van der Waals surface area (Å²) in [5, 5.41) is 1.01. The molecule has 3 nitrogen and oxygen atoms in total. The van der Waals surface area contributed by atoms with Gasteiger partial charge in [-0.2, -0.15) is 4.57 Å². The fraction of sp³-hybridized carbons (Fsp3) is 0.0244. The Balaban J connectivity index is 0.000000289. The minimum Gasteiger partial charge on any atom is -0.365 e. The van der Waals surface area contributed by atoms with Crippen molar-refractivity contribution in [3.05, 3.63) is 194 Å². The monoisotopic (exact) mass is 942 g/mol. The second-order valence-electron chi connectivity index (χ2n) is 13.5. The molecule has 6 aromatic carbocycles. The highest BCUT2D eigenvalue weighted by molar-refractivity contribution is 7.20. The predicted octanol–water partition coefficient (Wildman–Crippen LogP) is 8.12. The Morgan fingerprint density at radius 1 is 0.385 bits per heavy atom. The van der Waals surface area contributed by atoms with Crippen molar-refractivity contribution in [2.75, 3.05) is 0 Å². The van der Waals surface area contributed by atoms with E-state index in [0.29, 0.717) is 12.1 Å². The first kappa shape index (κ1) is 47.3. The summed E-state index contributed by atoms with van der Waals surface area (Å²) >= 11 is 0. The van der Waals surface area contributed by atoms with Gasteiger partial charge in [0.2, 0.25) is 5.52 Å². The Kier molecular flexibility index (Phi) is 12.7. The maximum Gasteiger partial charge on any atom is 0.255 e. The van der Waals surface area contributed by atoms with Gasteiger partial charge < -0.3 is 5.73 Å². The van der Waals surface area contributed by atoms with Gasteiger partial charge in [-0.3, -0.25) is 4.79 Å². The zero-order valence-corrected chi connectivity index (χ0v) is 31.1. The predicted molar refractivity (Wildman–Crippen MR) is 187 cm³/mol. The lowest BCUT2D eigenvalue weighted by molar-refractivity contribution is -0.662. The number of fused-ring (bicyclic) bond motifs is 1. The lowest BCUT2D eigenvalue weighted by atomic mass is 9.12. The van der Waals surface area contributed by atoms with E-state index in [1.807, 2.05) is 48.7 Å². The van der Waals surface area contributed by atoms with Crippen molar-refractivity contribution in [3.8, 4) is 0 Å². The van der Waals surface area contributed by atoms with Crippen molar-refractivity contribution in [1.29, 1.82) is 0 Å². The molecule has 0 bridgehead atoms. The summed E-state index contributed by atoms with van der Waals surface area (Å²) in [5.74, 6) is -71.8. The third-order valence-corrected chi connectivity index (χ3v) is 10.1. The number of benzene rings is 6. The van der Waals surface area contributed by atoms with Crippen molar-refractivity contribution < 1.29 is 97.2 Å². The Hall–Kier alpha value is -7.14. The van der Waals surface area contributed by atoms with Gasteiger partial charge in [0.1, 0.15) is 58.2 Å². The summed E-state index contributed by atoms with van der Waals surface area (Å²) in [6, 6.07) is 19.7. The van der Waals surface area contributed by atoms with Crippen molar-refractivity contribution in [2.45, 2.75) is 6.54 Å². The number of nitrogens with zero attached hydrogens (tertiary/aromatic N) is 1. The van der Waals surface area contributed by atoms with E-state index in [1.54, 1.807) is 6.07 Å². The van der Waals surface area contributed by atoms with Crippen LogP contribution in [0.4, 0.5) is 87.8 Å². The van der Waals surface area contributed by atoms with Gasteiger partial charge in [0, 0.05) is 17.0 Å². The first-order chi connectivity index (χ1) is 30.5. The first-order valence-corrected chi connectivity index (χ1v) is 17.4. The number of amides is 1. The zero-order valence-electron chi connectivity index (χ0n) is 31.1. The van der Waals surface area contributed by atoms with Crippen LogP contribution in [0.3, 0.4) is 0 Å². The van der Waals surface area contributed by atoms with E-state index in [-0.39, 0.29) is 0 Å². The SMILES string of the molecule is Fc1c(F)c(F)c([B-](c2c(F)c(F)c(F)c(F)c2F)(c2c(F)c(F)c(F)c(F)c2F)c2c(F)c(F)c(F)c(F)c2F)c(F)c1F.NC(=O)c1cccc2ccc[n+](Cc3ccccc3)c12. The number of primary amides is 1. The number of carbonyl (C=O) groups is 1. The number of rotatable bonds is 7. The maximum atomic E-state index is 15.4. The van der Waals surface area contributed by atoms with Crippen molar-refractivity contribution in [2.24, 2.45) is 5.73 Å². The number of hydrogen-bond donors (Lipinski definition) is 1. The average Bonchev–Trinajstić information content (AvgIpc) is 3.29. The molecule has 0 saturated heterocycles. The molecule has 0 unspecified atom stereocenters. The van der Waals surface area contributed by atoms with Gasteiger partial charge >= 0.3 is 0 Å². The van der Waals surface area contributed by atoms with Gasteiger partial charge in [0.15, 0.2) is 82.5 Å². The number of para-hydroxylation sites is 1. The van der Waals surface area contributed by atoms with Crippen LogP contribution in [0.1, 0.15) is 15.9 Å². The van der Waals surface area contributed by atoms with E-state index in [9.17, 15) is 57.5 Å². The standard InChI is InChI=1S/C24BF20.C17H14N2O/c26-5-1(6(27)14(35)21(42)13(5)34)25(2-7(28)15(36)22(43)16(37)8(2)29,3-9(30)17(38)23(44)18(39)10(3)31)4-11(32)19(40)24(45)20(41)12(4)33;18-17(20)15-10-4-8-14-9-5-11-19(16(14)15)12-13-6-2-1-3-7-13/h;1-11H,12H2,(H-,18,20)/q-1;/p+1. The smallest absolute Gasteiger partial charge is 0.255 e. The lowest BCUT2D eigenvalue weighted by Gasteiger charge is -2.44. The van der Waals surface area contributed by atoms with Crippen LogP contribution in [0.2, 0.25) is 0 Å². The number of nitrogens with two attached hydrogens (primary N) is 1. The fourth-order valence-corrected chi connectivity index (χ4v) is 7.33. The molecule has 0 aliphatic rings. The Bertz CT molecular complexity index is 2730. The Morgan fingerprint density at radius 3 is 0.985 bits per heavy atom. The summed E-state index contributed by atoms with van der Waals surface area (Å²) in [6.07, 6.45) is -5.24. The number of carbonyl (C=O) groups excluding carboxylic acids is 1. The molecule has 7 aromatic rings. The second kappa shape index (κ2) is 17.4. The van der Waals surface area contributed by atoms with Crippen LogP contribution in [-0.2, 0) is 6.54 Å². The molecule has 338 valence electrons. The molecule has 0 radical (unpaired) electrons. The second-order valence-corrected chi connectivity index (χ2v) is 13.5. The summed E-state index contributed by atoms with van der Waals surface area (Å²) < 4.78 is 296. The van der Waals surface area contributed by atoms with Crippen LogP contribution in [0.25, 0.3) is 10.9 Å². The molecule has 0 spiro atoms. The molecule has 65 heavy (non-hydrogen) atoms. The molecule has 1 amide bonds. The fourth-order valence-electron chi connectivity index (χ4n) is 7.33. The first-order valence-electron chi connectivity index (χ1n) is 17.4. The van der Waals surface area contributed by atoms with Gasteiger partial charge in [0.05, 0.1) is 0 Å². The van der Waals surface area contributed by atoms with E-state index >= 15 is 35.1 Å². The number of hydrogen-bond acceptors (Lipinski definition) is 1. The van der Waals surface area contributed by atoms with E-state index in [0.717, 1.165) is 10.9 Å². The number of aromatic nitrogens is 1. The van der Waals surface area contributed by atoms with Gasteiger partial charge in [-0.15, -0.1) is 21.9 Å². The number of halogens is 20. The highest BCUT2D eigenvalue weighted by atomic mass is 19.2. The molecule has 24 heteroatoms. The van der Waals surface area contributed by atoms with E-state index in [1.165, 1.54) is 5.56 Å². The molecular weight excluding hydrogens is 927 g/mol. The average molecular weight is 942 g/mol.